The summed E-state index contributed by atoms with van der Waals surface area (Å²) < 4.78 is 35.9. The van der Waals surface area contributed by atoms with Crippen molar-refractivity contribution in [1.29, 1.82) is 0 Å². The third-order valence-corrected chi connectivity index (χ3v) is 2.21. The number of halogens is 4. The highest BCUT2D eigenvalue weighted by Crippen LogP contribution is 2.26. The van der Waals surface area contributed by atoms with Gasteiger partial charge >= 0.3 is 6.18 Å². The van der Waals surface area contributed by atoms with Gasteiger partial charge in [-0.2, -0.15) is 13.2 Å². The first-order chi connectivity index (χ1) is 7.71. The summed E-state index contributed by atoms with van der Waals surface area (Å²) in [5, 5.41) is 10.3. The van der Waals surface area contributed by atoms with Crippen molar-refractivity contribution >= 4 is 23.1 Å². The van der Waals surface area contributed by atoms with Crippen LogP contribution in [0.2, 0.25) is 5.02 Å². The van der Waals surface area contributed by atoms with Crippen LogP contribution in [0.1, 0.15) is 5.56 Å². The second-order valence-corrected chi connectivity index (χ2v) is 3.55. The van der Waals surface area contributed by atoms with E-state index in [2.05, 4.69) is 0 Å². The van der Waals surface area contributed by atoms with Crippen LogP contribution in [0.3, 0.4) is 0 Å². The highest BCUT2D eigenvalue weighted by molar-refractivity contribution is 6.32. The first kappa shape index (κ1) is 13.4. The third kappa shape index (κ3) is 3.42. The van der Waals surface area contributed by atoms with Gasteiger partial charge in [0.15, 0.2) is 0 Å². The lowest BCUT2D eigenvalue weighted by Crippen LogP contribution is -2.24. The van der Waals surface area contributed by atoms with E-state index >= 15 is 0 Å². The molecule has 0 radical (unpaired) electrons. The van der Waals surface area contributed by atoms with E-state index in [0.717, 1.165) is 18.2 Å². The fraction of sp³-hybridized carbons (Fsp3) is 0.222. The molecule has 0 saturated heterocycles. The maximum atomic E-state index is 12.0. The van der Waals surface area contributed by atoms with Crippen molar-refractivity contribution in [2.45, 2.75) is 12.6 Å². The maximum Gasteiger partial charge on any atom is 0.450 e. The molecule has 0 aliphatic rings. The molecule has 0 unspecified atom stereocenters. The summed E-state index contributed by atoms with van der Waals surface area (Å²) in [5.74, 6) is -1.96. The molecule has 0 aromatic heterocycles. The third-order valence-electron chi connectivity index (χ3n) is 1.89. The van der Waals surface area contributed by atoms with Crippen LogP contribution in [0.4, 0.5) is 18.9 Å². The van der Waals surface area contributed by atoms with Crippen molar-refractivity contribution in [1.82, 2.24) is 0 Å². The smallest absolute Gasteiger partial charge is 0.289 e. The molecule has 8 heteroatoms. The van der Waals surface area contributed by atoms with Gasteiger partial charge in [-0.1, -0.05) is 17.7 Å². The molecule has 1 aromatic carbocycles. The molecule has 92 valence electrons. The van der Waals surface area contributed by atoms with Crippen LogP contribution in [0, 0.1) is 10.1 Å². The highest BCUT2D eigenvalue weighted by Gasteiger charge is 2.37. The molecule has 17 heavy (non-hydrogen) atoms. The van der Waals surface area contributed by atoms with Crippen LogP contribution < -0.4 is 0 Å². The molecular formula is C9H5ClF3NO3. The fourth-order valence-electron chi connectivity index (χ4n) is 1.09. The zero-order valence-corrected chi connectivity index (χ0v) is 8.88. The van der Waals surface area contributed by atoms with E-state index in [1.165, 1.54) is 0 Å². The number of ketones is 1. The first-order valence-electron chi connectivity index (χ1n) is 4.24. The summed E-state index contributed by atoms with van der Waals surface area (Å²) in [6.45, 7) is 0. The van der Waals surface area contributed by atoms with Gasteiger partial charge in [0.2, 0.25) is 5.78 Å². The summed E-state index contributed by atoms with van der Waals surface area (Å²) in [5.41, 5.74) is -0.637. The Kier molecular flexibility index (Phi) is 3.72. The number of Topliss-reactive ketones (excluding diaryl/α,β-unsaturated/α-hetero) is 1. The van der Waals surface area contributed by atoms with E-state index in [-0.39, 0.29) is 10.6 Å². The Labute approximate surface area is 98.1 Å². The van der Waals surface area contributed by atoms with Gasteiger partial charge in [-0.05, 0) is 11.6 Å². The van der Waals surface area contributed by atoms with Gasteiger partial charge in [-0.3, -0.25) is 14.9 Å². The molecule has 0 aliphatic heterocycles. The normalized spacial score (nSPS) is 11.3. The average molecular weight is 268 g/mol. The number of nitro benzene ring substituents is 1. The Bertz CT molecular complexity index is 473. The van der Waals surface area contributed by atoms with Crippen LogP contribution in [0.25, 0.3) is 0 Å². The largest absolute Gasteiger partial charge is 0.450 e. The Balaban J connectivity index is 2.98. The Morgan fingerprint density at radius 3 is 2.47 bits per heavy atom. The molecule has 0 fully saturated rings. The van der Waals surface area contributed by atoms with Crippen LogP contribution in [0.5, 0.6) is 0 Å². The lowest BCUT2D eigenvalue weighted by molar-refractivity contribution is -0.384. The molecule has 1 rings (SSSR count). The van der Waals surface area contributed by atoms with E-state index in [1.54, 1.807) is 0 Å². The van der Waals surface area contributed by atoms with Gasteiger partial charge in [-0.15, -0.1) is 0 Å². The van der Waals surface area contributed by atoms with Gasteiger partial charge in [0.05, 0.1) is 4.92 Å². The lowest BCUT2D eigenvalue weighted by Gasteiger charge is -2.05. The number of nitro groups is 1. The molecule has 0 amide bonds. The molecule has 4 nitrogen and oxygen atoms in total. The minimum absolute atomic E-state index is 0.108. The van der Waals surface area contributed by atoms with Gasteiger partial charge in [0, 0.05) is 12.5 Å². The molecule has 0 N–H and O–H groups in total. The average Bonchev–Trinajstić information content (AvgIpc) is 2.19. The summed E-state index contributed by atoms with van der Waals surface area (Å²) in [6, 6.07) is 3.07. The number of hydrogen-bond acceptors (Lipinski definition) is 3. The molecule has 0 atom stereocenters. The van der Waals surface area contributed by atoms with E-state index in [0.29, 0.717) is 0 Å². The molecule has 0 bridgehead atoms. The van der Waals surface area contributed by atoms with Crippen molar-refractivity contribution in [3.63, 3.8) is 0 Å². The van der Waals surface area contributed by atoms with Crippen LogP contribution in [-0.4, -0.2) is 16.9 Å². The van der Waals surface area contributed by atoms with E-state index in [1.807, 2.05) is 0 Å². The van der Waals surface area contributed by atoms with Crippen molar-refractivity contribution in [3.8, 4) is 0 Å². The van der Waals surface area contributed by atoms with Gasteiger partial charge in [-0.25, -0.2) is 0 Å². The SMILES string of the molecule is O=C(Cc1ccc(Cl)c([N+](=O)[O-])c1)C(F)(F)F. The Morgan fingerprint density at radius 2 is 2.00 bits per heavy atom. The van der Waals surface area contributed by atoms with Crippen molar-refractivity contribution in [3.05, 3.63) is 38.9 Å². The number of benzene rings is 1. The number of carbonyl (C=O) groups is 1. The lowest BCUT2D eigenvalue weighted by atomic mass is 10.1. The second-order valence-electron chi connectivity index (χ2n) is 3.14. The molecule has 1 aromatic rings. The number of nitrogens with zero attached hydrogens (tertiary/aromatic N) is 1. The number of hydrogen-bond donors (Lipinski definition) is 0. The van der Waals surface area contributed by atoms with Gasteiger partial charge in [0.25, 0.3) is 5.69 Å². The molecule has 0 spiro atoms. The zero-order chi connectivity index (χ0) is 13.2. The topological polar surface area (TPSA) is 60.2 Å². The minimum Gasteiger partial charge on any atom is -0.289 e. The highest BCUT2D eigenvalue weighted by atomic mass is 35.5. The summed E-state index contributed by atoms with van der Waals surface area (Å²) in [6.07, 6.45) is -5.89. The predicted molar refractivity (Wildman–Crippen MR) is 52.9 cm³/mol. The van der Waals surface area contributed by atoms with Crippen molar-refractivity contribution < 1.29 is 22.9 Å². The quantitative estimate of drug-likeness (QED) is 0.625. The Morgan fingerprint density at radius 1 is 1.41 bits per heavy atom. The minimum atomic E-state index is -4.95. The molecular weight excluding hydrogens is 263 g/mol. The maximum absolute atomic E-state index is 12.0. The van der Waals surface area contributed by atoms with Crippen LogP contribution in [0.15, 0.2) is 18.2 Å². The van der Waals surface area contributed by atoms with Gasteiger partial charge < -0.3 is 0 Å². The molecule has 0 aliphatic carbocycles. The summed E-state index contributed by atoms with van der Waals surface area (Å²) >= 11 is 5.47. The van der Waals surface area contributed by atoms with Crippen molar-refractivity contribution in [2.75, 3.05) is 0 Å². The number of rotatable bonds is 3. The number of alkyl halides is 3. The monoisotopic (exact) mass is 267 g/mol. The molecule has 0 saturated carbocycles. The first-order valence-corrected chi connectivity index (χ1v) is 4.62. The second kappa shape index (κ2) is 4.70. The van der Waals surface area contributed by atoms with Gasteiger partial charge in [0.1, 0.15) is 5.02 Å². The standard InChI is InChI=1S/C9H5ClF3NO3/c10-6-2-1-5(3-7(6)14(16)17)4-8(15)9(11,12)13/h1-3H,4H2. The van der Waals surface area contributed by atoms with Crippen LogP contribution >= 0.6 is 11.6 Å². The summed E-state index contributed by atoms with van der Waals surface area (Å²) in [4.78, 5) is 20.3. The Hall–Kier alpha value is -1.63. The fourth-order valence-corrected chi connectivity index (χ4v) is 1.28. The predicted octanol–water partition coefficient (Wildman–Crippen LogP) is 2.92. The number of carbonyl (C=O) groups excluding carboxylic acids is 1. The van der Waals surface area contributed by atoms with Crippen LogP contribution in [-0.2, 0) is 11.2 Å². The van der Waals surface area contributed by atoms with E-state index in [9.17, 15) is 28.1 Å². The van der Waals surface area contributed by atoms with E-state index in [4.69, 9.17) is 11.6 Å². The van der Waals surface area contributed by atoms with E-state index < -0.39 is 29.0 Å². The van der Waals surface area contributed by atoms with Crippen molar-refractivity contribution in [2.24, 2.45) is 0 Å². The molecule has 0 heterocycles. The zero-order valence-electron chi connectivity index (χ0n) is 8.12. The summed E-state index contributed by atoms with van der Waals surface area (Å²) in [7, 11) is 0.